The first-order valence-electron chi connectivity index (χ1n) is 4.21. The average molecular weight is 248 g/mol. The van der Waals surface area contributed by atoms with Crippen LogP contribution in [0.5, 0.6) is 0 Å². The van der Waals surface area contributed by atoms with E-state index in [1.54, 1.807) is 12.4 Å². The summed E-state index contributed by atoms with van der Waals surface area (Å²) in [5, 5.41) is 1.06. The molecule has 4 heteroatoms. The predicted octanol–water partition coefficient (Wildman–Crippen LogP) is 2.65. The Balaban J connectivity index is 2.60. The number of rotatable bonds is 0. The number of hydrogen-bond acceptors (Lipinski definition) is 2. The first-order valence-corrected chi connectivity index (χ1v) is 5.01. The third kappa shape index (κ3) is 1.04. The molecular weight excluding hydrogens is 242 g/mol. The van der Waals surface area contributed by atoms with E-state index in [1.807, 2.05) is 28.9 Å². The maximum Gasteiger partial charge on any atom is 0.146 e. The van der Waals surface area contributed by atoms with E-state index in [1.165, 1.54) is 0 Å². The monoisotopic (exact) mass is 247 g/mol. The van der Waals surface area contributed by atoms with Gasteiger partial charge in [0, 0.05) is 34.6 Å². The first kappa shape index (κ1) is 7.94. The van der Waals surface area contributed by atoms with Gasteiger partial charge < -0.3 is 4.40 Å². The average Bonchev–Trinajstić information content (AvgIpc) is 2.65. The van der Waals surface area contributed by atoms with Gasteiger partial charge in [-0.25, -0.2) is 4.98 Å². The molecule has 68 valence electrons. The number of halogens is 1. The smallest absolute Gasteiger partial charge is 0.146 e. The van der Waals surface area contributed by atoms with Crippen LogP contribution in [0.15, 0.2) is 41.4 Å². The van der Waals surface area contributed by atoms with Crippen LogP contribution in [0, 0.1) is 0 Å². The third-order valence-corrected chi connectivity index (χ3v) is 2.62. The van der Waals surface area contributed by atoms with Crippen molar-refractivity contribution in [3.8, 4) is 0 Å². The molecule has 0 spiro atoms. The van der Waals surface area contributed by atoms with Gasteiger partial charge in [0.05, 0.1) is 5.52 Å². The van der Waals surface area contributed by atoms with E-state index in [-0.39, 0.29) is 0 Å². The Hall–Kier alpha value is -1.42. The number of nitrogens with zero attached hydrogens (tertiary/aromatic N) is 3. The van der Waals surface area contributed by atoms with Gasteiger partial charge in [-0.1, -0.05) is 0 Å². The lowest BCUT2D eigenvalue weighted by Gasteiger charge is -1.99. The molecule has 0 amide bonds. The van der Waals surface area contributed by atoms with Gasteiger partial charge in [0.1, 0.15) is 5.65 Å². The lowest BCUT2D eigenvalue weighted by Crippen LogP contribution is -1.86. The van der Waals surface area contributed by atoms with E-state index in [2.05, 4.69) is 25.9 Å². The summed E-state index contributed by atoms with van der Waals surface area (Å²) in [6.07, 6.45) is 7.47. The zero-order valence-corrected chi connectivity index (χ0v) is 8.77. The zero-order valence-electron chi connectivity index (χ0n) is 7.18. The molecule has 0 unspecified atom stereocenters. The highest BCUT2D eigenvalue weighted by molar-refractivity contribution is 9.10. The van der Waals surface area contributed by atoms with Gasteiger partial charge >= 0.3 is 0 Å². The van der Waals surface area contributed by atoms with Crippen LogP contribution in [0.3, 0.4) is 0 Å². The van der Waals surface area contributed by atoms with E-state index in [0.717, 1.165) is 21.0 Å². The lowest BCUT2D eigenvalue weighted by molar-refractivity contribution is 1.19. The molecule has 3 aromatic rings. The zero-order chi connectivity index (χ0) is 9.54. The number of hydrogen-bond donors (Lipinski definition) is 0. The Morgan fingerprint density at radius 3 is 3.07 bits per heavy atom. The van der Waals surface area contributed by atoms with Crippen LogP contribution in [-0.4, -0.2) is 14.4 Å². The van der Waals surface area contributed by atoms with Gasteiger partial charge in [-0.2, -0.15) is 0 Å². The van der Waals surface area contributed by atoms with Gasteiger partial charge in [0.2, 0.25) is 0 Å². The standard InChI is InChI=1S/C10H6BrN3/c11-7-5-8-9(13-6-7)1-3-14-4-2-12-10(8)14/h1-6H. The van der Waals surface area contributed by atoms with Crippen LogP contribution >= 0.6 is 15.9 Å². The van der Waals surface area contributed by atoms with Crippen LogP contribution in [0.25, 0.3) is 16.6 Å². The Kier molecular flexibility index (Phi) is 1.58. The normalized spacial score (nSPS) is 11.2. The van der Waals surface area contributed by atoms with Crippen LogP contribution in [0.4, 0.5) is 0 Å². The van der Waals surface area contributed by atoms with Gasteiger partial charge in [-0.3, -0.25) is 4.98 Å². The largest absolute Gasteiger partial charge is 0.306 e. The minimum atomic E-state index is 0.941. The molecule has 0 aliphatic carbocycles. The van der Waals surface area contributed by atoms with E-state index < -0.39 is 0 Å². The van der Waals surface area contributed by atoms with Crippen molar-refractivity contribution in [2.75, 3.05) is 0 Å². The van der Waals surface area contributed by atoms with Crippen LogP contribution in [0.1, 0.15) is 0 Å². The summed E-state index contributed by atoms with van der Waals surface area (Å²) in [6.45, 7) is 0. The molecule has 3 aromatic heterocycles. The Bertz CT molecular complexity index is 615. The molecular formula is C10H6BrN3. The lowest BCUT2D eigenvalue weighted by atomic mass is 10.2. The molecule has 0 atom stereocenters. The topological polar surface area (TPSA) is 30.2 Å². The molecule has 0 aliphatic rings. The second-order valence-electron chi connectivity index (χ2n) is 3.06. The molecule has 0 N–H and O–H groups in total. The summed E-state index contributed by atoms with van der Waals surface area (Å²) < 4.78 is 2.96. The number of aromatic nitrogens is 3. The number of imidazole rings is 1. The highest BCUT2D eigenvalue weighted by Gasteiger charge is 2.02. The summed E-state index contributed by atoms with van der Waals surface area (Å²) in [5.74, 6) is 0. The van der Waals surface area contributed by atoms with Crippen molar-refractivity contribution in [2.45, 2.75) is 0 Å². The van der Waals surface area contributed by atoms with Crippen molar-refractivity contribution in [3.63, 3.8) is 0 Å². The molecule has 0 aliphatic heterocycles. The van der Waals surface area contributed by atoms with Crippen molar-refractivity contribution >= 4 is 32.5 Å². The first-order chi connectivity index (χ1) is 6.84. The molecule has 0 saturated heterocycles. The number of fused-ring (bicyclic) bond motifs is 3. The maximum absolute atomic E-state index is 4.31. The minimum absolute atomic E-state index is 0.941. The summed E-state index contributed by atoms with van der Waals surface area (Å²) in [6, 6.07) is 4.01. The molecule has 0 aromatic carbocycles. The molecule has 0 saturated carbocycles. The summed E-state index contributed by atoms with van der Waals surface area (Å²) in [4.78, 5) is 8.60. The molecule has 14 heavy (non-hydrogen) atoms. The predicted molar refractivity (Wildman–Crippen MR) is 58.2 cm³/mol. The molecule has 3 nitrogen and oxygen atoms in total. The third-order valence-electron chi connectivity index (χ3n) is 2.19. The van der Waals surface area contributed by atoms with Crippen LogP contribution < -0.4 is 0 Å². The van der Waals surface area contributed by atoms with Crippen LogP contribution in [0.2, 0.25) is 0 Å². The molecule has 0 bridgehead atoms. The van der Waals surface area contributed by atoms with Crippen molar-refractivity contribution in [3.05, 3.63) is 41.4 Å². The second-order valence-corrected chi connectivity index (χ2v) is 3.98. The molecule has 0 fully saturated rings. The van der Waals surface area contributed by atoms with E-state index in [4.69, 9.17) is 0 Å². The highest BCUT2D eigenvalue weighted by Crippen LogP contribution is 2.20. The quantitative estimate of drug-likeness (QED) is 0.612. The van der Waals surface area contributed by atoms with Crippen LogP contribution in [-0.2, 0) is 0 Å². The van der Waals surface area contributed by atoms with Crippen molar-refractivity contribution in [1.82, 2.24) is 14.4 Å². The minimum Gasteiger partial charge on any atom is -0.306 e. The Morgan fingerprint density at radius 1 is 1.21 bits per heavy atom. The fraction of sp³-hybridized carbons (Fsp3) is 0. The van der Waals surface area contributed by atoms with Crippen molar-refractivity contribution in [2.24, 2.45) is 0 Å². The SMILES string of the molecule is Brc1cnc2ccn3ccnc3c2c1. The van der Waals surface area contributed by atoms with E-state index in [0.29, 0.717) is 0 Å². The summed E-state index contributed by atoms with van der Waals surface area (Å²) in [5.41, 5.74) is 1.91. The molecule has 3 heterocycles. The summed E-state index contributed by atoms with van der Waals surface area (Å²) >= 11 is 3.41. The second kappa shape index (κ2) is 2.78. The van der Waals surface area contributed by atoms with E-state index in [9.17, 15) is 0 Å². The molecule has 3 rings (SSSR count). The fourth-order valence-corrected chi connectivity index (χ4v) is 1.89. The van der Waals surface area contributed by atoms with Crippen molar-refractivity contribution in [1.29, 1.82) is 0 Å². The Labute approximate surface area is 88.5 Å². The number of pyridine rings is 2. The van der Waals surface area contributed by atoms with Gasteiger partial charge in [0.25, 0.3) is 0 Å². The summed E-state index contributed by atoms with van der Waals surface area (Å²) in [7, 11) is 0. The van der Waals surface area contributed by atoms with Crippen molar-refractivity contribution < 1.29 is 0 Å². The van der Waals surface area contributed by atoms with E-state index >= 15 is 0 Å². The maximum atomic E-state index is 4.31. The Morgan fingerprint density at radius 2 is 2.14 bits per heavy atom. The van der Waals surface area contributed by atoms with Gasteiger partial charge in [-0.05, 0) is 28.1 Å². The highest BCUT2D eigenvalue weighted by atomic mass is 79.9. The molecule has 0 radical (unpaired) electrons. The van der Waals surface area contributed by atoms with Gasteiger partial charge in [-0.15, -0.1) is 0 Å². The fourth-order valence-electron chi connectivity index (χ4n) is 1.55. The van der Waals surface area contributed by atoms with Gasteiger partial charge in [0.15, 0.2) is 0 Å².